The van der Waals surface area contributed by atoms with Gasteiger partial charge in [0.1, 0.15) is 5.69 Å². The maximum Gasteiger partial charge on any atom is 0.433 e. The van der Waals surface area contributed by atoms with Crippen molar-refractivity contribution < 1.29 is 17.9 Å². The summed E-state index contributed by atoms with van der Waals surface area (Å²) in [4.78, 5) is 3.59. The highest BCUT2D eigenvalue weighted by Gasteiger charge is 2.34. The van der Waals surface area contributed by atoms with Crippen molar-refractivity contribution >= 4 is 0 Å². The van der Waals surface area contributed by atoms with Crippen LogP contribution in [-0.2, 0) is 17.5 Å². The zero-order valence-corrected chi connectivity index (χ0v) is 8.64. The van der Waals surface area contributed by atoms with Crippen LogP contribution in [-0.4, -0.2) is 18.6 Å². The number of likely N-dealkylation sites (N-methyl/N-ethyl adjacent to an activating group) is 1. The maximum atomic E-state index is 12.4. The second-order valence-corrected chi connectivity index (χ2v) is 3.59. The van der Waals surface area contributed by atoms with Crippen molar-refractivity contribution in [1.82, 2.24) is 10.3 Å². The molecule has 0 fully saturated rings. The standard InChI is InChI=1S/C10H11F3N2O/c1-14-7-4-16-5-8-6(7)2-3-9(15-8)10(11,12)13/h2-3,7,14H,4-5H2,1H3. The quantitative estimate of drug-likeness (QED) is 0.802. The molecule has 1 N–H and O–H groups in total. The summed E-state index contributed by atoms with van der Waals surface area (Å²) in [5, 5.41) is 2.97. The highest BCUT2D eigenvalue weighted by Crippen LogP contribution is 2.31. The van der Waals surface area contributed by atoms with Gasteiger partial charge < -0.3 is 10.1 Å². The van der Waals surface area contributed by atoms with Crippen LogP contribution in [0.3, 0.4) is 0 Å². The zero-order chi connectivity index (χ0) is 11.8. The summed E-state index contributed by atoms with van der Waals surface area (Å²) in [5.74, 6) is 0. The lowest BCUT2D eigenvalue weighted by molar-refractivity contribution is -0.141. The molecule has 0 aromatic carbocycles. The number of aromatic nitrogens is 1. The minimum absolute atomic E-state index is 0.0847. The van der Waals surface area contributed by atoms with Crippen LogP contribution in [0.2, 0.25) is 0 Å². The SMILES string of the molecule is CNC1COCc2nc(C(F)(F)F)ccc21. The van der Waals surface area contributed by atoms with E-state index in [9.17, 15) is 13.2 Å². The Hall–Kier alpha value is -1.14. The molecule has 2 rings (SSSR count). The lowest BCUT2D eigenvalue weighted by atomic mass is 10.0. The number of halogens is 3. The molecule has 1 unspecified atom stereocenters. The molecule has 0 amide bonds. The van der Waals surface area contributed by atoms with Gasteiger partial charge >= 0.3 is 6.18 Å². The van der Waals surface area contributed by atoms with E-state index in [1.165, 1.54) is 6.07 Å². The molecule has 0 aliphatic carbocycles. The number of nitrogens with one attached hydrogen (secondary N) is 1. The Morgan fingerprint density at radius 1 is 1.44 bits per heavy atom. The monoisotopic (exact) mass is 232 g/mol. The van der Waals surface area contributed by atoms with Gasteiger partial charge in [0.25, 0.3) is 0 Å². The van der Waals surface area contributed by atoms with Crippen LogP contribution in [0.1, 0.15) is 23.0 Å². The molecule has 1 atom stereocenters. The van der Waals surface area contributed by atoms with Crippen LogP contribution in [0.25, 0.3) is 0 Å². The van der Waals surface area contributed by atoms with Crippen LogP contribution in [0.5, 0.6) is 0 Å². The van der Waals surface area contributed by atoms with Crippen molar-refractivity contribution in [2.75, 3.05) is 13.7 Å². The molecule has 3 nitrogen and oxygen atoms in total. The molecule has 1 aromatic heterocycles. The van der Waals surface area contributed by atoms with Crippen LogP contribution < -0.4 is 5.32 Å². The average Bonchev–Trinajstić information content (AvgIpc) is 2.26. The molecule has 1 aliphatic rings. The second-order valence-electron chi connectivity index (χ2n) is 3.59. The number of alkyl halides is 3. The van der Waals surface area contributed by atoms with Crippen molar-refractivity contribution in [3.8, 4) is 0 Å². The van der Waals surface area contributed by atoms with Crippen LogP contribution in [0, 0.1) is 0 Å². The molecule has 1 aliphatic heterocycles. The van der Waals surface area contributed by atoms with Gasteiger partial charge in [-0.15, -0.1) is 0 Å². The third-order valence-corrected chi connectivity index (χ3v) is 2.55. The molecule has 0 radical (unpaired) electrons. The van der Waals surface area contributed by atoms with Crippen LogP contribution in [0.15, 0.2) is 12.1 Å². The van der Waals surface area contributed by atoms with Gasteiger partial charge in [0.2, 0.25) is 0 Å². The number of rotatable bonds is 1. The van der Waals surface area contributed by atoms with Gasteiger partial charge in [0.15, 0.2) is 0 Å². The van der Waals surface area contributed by atoms with E-state index in [-0.39, 0.29) is 12.6 Å². The molecule has 16 heavy (non-hydrogen) atoms. The molecular formula is C10H11F3N2O. The van der Waals surface area contributed by atoms with E-state index >= 15 is 0 Å². The Kier molecular flexibility index (Phi) is 2.86. The minimum atomic E-state index is -4.40. The van der Waals surface area contributed by atoms with E-state index in [2.05, 4.69) is 10.3 Å². The van der Waals surface area contributed by atoms with E-state index in [4.69, 9.17) is 4.74 Å². The molecule has 0 bridgehead atoms. The lowest BCUT2D eigenvalue weighted by Crippen LogP contribution is -2.28. The molecule has 2 heterocycles. The van der Waals surface area contributed by atoms with Crippen molar-refractivity contribution in [1.29, 1.82) is 0 Å². The molecule has 88 valence electrons. The highest BCUT2D eigenvalue weighted by atomic mass is 19.4. The van der Waals surface area contributed by atoms with Gasteiger partial charge in [-0.05, 0) is 18.7 Å². The van der Waals surface area contributed by atoms with Gasteiger partial charge in [-0.25, -0.2) is 4.98 Å². The summed E-state index contributed by atoms with van der Waals surface area (Å²) < 4.78 is 42.4. The lowest BCUT2D eigenvalue weighted by Gasteiger charge is -2.25. The summed E-state index contributed by atoms with van der Waals surface area (Å²) in [6.07, 6.45) is -4.40. The summed E-state index contributed by atoms with van der Waals surface area (Å²) in [7, 11) is 1.74. The minimum Gasteiger partial charge on any atom is -0.373 e. The van der Waals surface area contributed by atoms with Gasteiger partial charge in [-0.2, -0.15) is 13.2 Å². The normalized spacial score (nSPS) is 20.6. The maximum absolute atomic E-state index is 12.4. The smallest absolute Gasteiger partial charge is 0.373 e. The van der Waals surface area contributed by atoms with Crippen molar-refractivity contribution in [3.05, 3.63) is 29.1 Å². The highest BCUT2D eigenvalue weighted by molar-refractivity contribution is 5.28. The first-order valence-corrected chi connectivity index (χ1v) is 4.84. The summed E-state index contributed by atoms with van der Waals surface area (Å²) >= 11 is 0. The van der Waals surface area contributed by atoms with E-state index in [0.29, 0.717) is 12.3 Å². The predicted octanol–water partition coefficient (Wildman–Crippen LogP) is 1.89. The Morgan fingerprint density at radius 2 is 2.19 bits per heavy atom. The zero-order valence-electron chi connectivity index (χ0n) is 8.64. The molecule has 0 saturated heterocycles. The Balaban J connectivity index is 2.39. The van der Waals surface area contributed by atoms with E-state index in [0.717, 1.165) is 11.6 Å². The number of ether oxygens (including phenoxy) is 1. The topological polar surface area (TPSA) is 34.1 Å². The Labute approximate surface area is 90.6 Å². The molecule has 6 heteroatoms. The van der Waals surface area contributed by atoms with Crippen molar-refractivity contribution in [2.45, 2.75) is 18.8 Å². The first-order chi connectivity index (χ1) is 7.52. The first kappa shape index (κ1) is 11.3. The van der Waals surface area contributed by atoms with E-state index in [1.54, 1.807) is 7.05 Å². The fourth-order valence-electron chi connectivity index (χ4n) is 1.70. The van der Waals surface area contributed by atoms with E-state index < -0.39 is 11.9 Å². The fourth-order valence-corrected chi connectivity index (χ4v) is 1.70. The van der Waals surface area contributed by atoms with Crippen LogP contribution in [0.4, 0.5) is 13.2 Å². The van der Waals surface area contributed by atoms with Crippen LogP contribution >= 0.6 is 0 Å². The average molecular weight is 232 g/mol. The molecule has 0 saturated carbocycles. The van der Waals surface area contributed by atoms with Crippen molar-refractivity contribution in [3.63, 3.8) is 0 Å². The largest absolute Gasteiger partial charge is 0.433 e. The van der Waals surface area contributed by atoms with E-state index in [1.807, 2.05) is 0 Å². The van der Waals surface area contributed by atoms with Gasteiger partial charge in [-0.1, -0.05) is 6.07 Å². The number of hydrogen-bond acceptors (Lipinski definition) is 3. The molecule has 1 aromatic rings. The Morgan fingerprint density at radius 3 is 2.81 bits per heavy atom. The summed E-state index contributed by atoms with van der Waals surface area (Å²) in [6.45, 7) is 0.591. The number of hydrogen-bond donors (Lipinski definition) is 1. The molecule has 0 spiro atoms. The predicted molar refractivity (Wildman–Crippen MR) is 50.7 cm³/mol. The number of pyridine rings is 1. The van der Waals surface area contributed by atoms with Gasteiger partial charge in [0.05, 0.1) is 24.9 Å². The number of fused-ring (bicyclic) bond motifs is 1. The number of nitrogens with zero attached hydrogens (tertiary/aromatic N) is 1. The third kappa shape index (κ3) is 2.03. The summed E-state index contributed by atoms with van der Waals surface area (Å²) in [6, 6.07) is 2.39. The fraction of sp³-hybridized carbons (Fsp3) is 0.500. The first-order valence-electron chi connectivity index (χ1n) is 4.84. The van der Waals surface area contributed by atoms with Crippen molar-refractivity contribution in [2.24, 2.45) is 0 Å². The summed E-state index contributed by atoms with van der Waals surface area (Å²) in [5.41, 5.74) is 0.272. The van der Waals surface area contributed by atoms with Gasteiger partial charge in [-0.3, -0.25) is 0 Å². The Bertz CT molecular complexity index is 392. The third-order valence-electron chi connectivity index (χ3n) is 2.55. The van der Waals surface area contributed by atoms with Gasteiger partial charge in [0, 0.05) is 0 Å². The second kappa shape index (κ2) is 4.03. The molecular weight excluding hydrogens is 221 g/mol.